The number of carbonyl (C=O) groups is 1. The van der Waals surface area contributed by atoms with E-state index in [0.717, 1.165) is 18.4 Å². The fourth-order valence-electron chi connectivity index (χ4n) is 1.28. The van der Waals surface area contributed by atoms with Crippen LogP contribution in [0.3, 0.4) is 0 Å². The Hall–Kier alpha value is -2.09. The molecule has 0 aromatic rings. The van der Waals surface area contributed by atoms with Crippen molar-refractivity contribution in [2.45, 2.75) is 40.5 Å². The number of hydrogen-bond acceptors (Lipinski definition) is 4. The summed E-state index contributed by atoms with van der Waals surface area (Å²) >= 11 is 0. The first-order chi connectivity index (χ1) is 8.88. The number of aliphatic hydroxyl groups excluding tert-OH is 1. The van der Waals surface area contributed by atoms with Crippen LogP contribution in [-0.4, -0.2) is 17.7 Å². The molecular formula is C14H21N2O3+. The Labute approximate surface area is 113 Å². The average molecular weight is 265 g/mol. The Bertz CT molecular complexity index is 446. The number of aliphatic hydroxyl groups is 1. The molecular weight excluding hydrogens is 244 g/mol. The van der Waals surface area contributed by atoms with Crippen molar-refractivity contribution in [3.8, 4) is 0 Å². The van der Waals surface area contributed by atoms with Crippen LogP contribution in [0.5, 0.6) is 0 Å². The Morgan fingerprint density at radius 3 is 2.37 bits per heavy atom. The Balaban J connectivity index is 4.22. The van der Waals surface area contributed by atoms with Gasteiger partial charge in [-0.15, -0.1) is 0 Å². The quantitative estimate of drug-likeness (QED) is 0.260. The molecule has 5 heteroatoms. The number of allylic oxidation sites excluding steroid dienone is 4. The lowest BCUT2D eigenvalue weighted by Crippen LogP contribution is -2.07. The lowest BCUT2D eigenvalue weighted by atomic mass is 10.1. The van der Waals surface area contributed by atoms with Crippen LogP contribution in [0.1, 0.15) is 40.5 Å². The van der Waals surface area contributed by atoms with E-state index < -0.39 is 11.7 Å². The molecule has 0 aromatic carbocycles. The van der Waals surface area contributed by atoms with Crippen LogP contribution in [-0.2, 0) is 9.53 Å². The Kier molecular flexibility index (Phi) is 7.94. The van der Waals surface area contributed by atoms with Crippen molar-refractivity contribution >= 4 is 5.97 Å². The smallest absolute Gasteiger partial charge is 0.504 e. The maximum Gasteiger partial charge on any atom is 0.504 e. The summed E-state index contributed by atoms with van der Waals surface area (Å²) in [7, 11) is 0. The molecule has 19 heavy (non-hydrogen) atoms. The minimum Gasteiger partial charge on any atom is -0.505 e. The number of ether oxygens (including phenoxy) is 1. The number of diazo groups is 1. The highest BCUT2D eigenvalue weighted by atomic mass is 16.5. The highest BCUT2D eigenvalue weighted by Gasteiger charge is 2.28. The van der Waals surface area contributed by atoms with Crippen molar-refractivity contribution in [1.82, 2.24) is 0 Å². The van der Waals surface area contributed by atoms with Gasteiger partial charge in [-0.3, -0.25) is 0 Å². The summed E-state index contributed by atoms with van der Waals surface area (Å²) in [6.07, 6.45) is 5.78. The highest BCUT2D eigenvalue weighted by Crippen LogP contribution is 2.08. The number of carbonyl (C=O) groups excluding carboxylic acids is 1. The van der Waals surface area contributed by atoms with Crippen molar-refractivity contribution in [1.29, 1.82) is 5.39 Å². The SMILES string of the molecule is CC(C)=CCC/C(C)=C/COC(=O)/C([N+]#N)=C(/C)O. The molecule has 0 fully saturated rings. The van der Waals surface area contributed by atoms with Gasteiger partial charge in [0, 0.05) is 6.92 Å². The summed E-state index contributed by atoms with van der Waals surface area (Å²) < 4.78 is 4.85. The van der Waals surface area contributed by atoms with Crippen molar-refractivity contribution < 1.29 is 14.6 Å². The molecule has 0 spiro atoms. The van der Waals surface area contributed by atoms with Gasteiger partial charge in [-0.1, -0.05) is 17.2 Å². The van der Waals surface area contributed by atoms with Crippen LogP contribution < -0.4 is 0 Å². The maximum atomic E-state index is 11.4. The molecule has 0 amide bonds. The average Bonchev–Trinajstić information content (AvgIpc) is 2.28. The fraction of sp³-hybridized carbons (Fsp3) is 0.500. The second-order valence-corrected chi connectivity index (χ2v) is 4.50. The minimum absolute atomic E-state index is 0.0891. The standard InChI is InChI=1S/C14H20N2O3/c1-10(2)6-5-7-11(3)8-9-19-14(18)13(16-15)12(4)17/h6,8H,5,7,9H2,1-4H3/p+1/b11-8+. The molecule has 0 aliphatic carbocycles. The van der Waals surface area contributed by atoms with Gasteiger partial charge in [-0.05, 0) is 39.7 Å². The molecule has 0 saturated carbocycles. The first-order valence-corrected chi connectivity index (χ1v) is 6.09. The van der Waals surface area contributed by atoms with Crippen molar-refractivity contribution in [3.05, 3.63) is 39.7 Å². The molecule has 0 rings (SSSR count). The molecule has 0 saturated heterocycles. The van der Waals surface area contributed by atoms with Gasteiger partial charge < -0.3 is 9.84 Å². The summed E-state index contributed by atoms with van der Waals surface area (Å²) in [6.45, 7) is 7.38. The monoisotopic (exact) mass is 265 g/mol. The van der Waals surface area contributed by atoms with Gasteiger partial charge in [0.25, 0.3) is 0 Å². The van der Waals surface area contributed by atoms with Gasteiger partial charge in [0.05, 0.1) is 0 Å². The highest BCUT2D eigenvalue weighted by molar-refractivity contribution is 5.90. The van der Waals surface area contributed by atoms with E-state index in [1.807, 2.05) is 20.8 Å². The van der Waals surface area contributed by atoms with Crippen LogP contribution >= 0.6 is 0 Å². The molecule has 104 valence electrons. The van der Waals surface area contributed by atoms with Crippen LogP contribution in [0.15, 0.2) is 34.8 Å². The largest absolute Gasteiger partial charge is 0.505 e. The third-order valence-electron chi connectivity index (χ3n) is 2.37. The molecule has 0 aromatic heterocycles. The third kappa shape index (κ3) is 7.77. The van der Waals surface area contributed by atoms with Crippen LogP contribution in [0.2, 0.25) is 0 Å². The topological polar surface area (TPSA) is 74.7 Å². The Morgan fingerprint density at radius 1 is 1.26 bits per heavy atom. The summed E-state index contributed by atoms with van der Waals surface area (Å²) in [5.74, 6) is -1.23. The van der Waals surface area contributed by atoms with Crippen LogP contribution in [0, 0.1) is 5.39 Å². The van der Waals surface area contributed by atoms with E-state index in [1.165, 1.54) is 12.5 Å². The second-order valence-electron chi connectivity index (χ2n) is 4.50. The zero-order valence-electron chi connectivity index (χ0n) is 11.9. The van der Waals surface area contributed by atoms with E-state index in [1.54, 1.807) is 6.08 Å². The van der Waals surface area contributed by atoms with E-state index in [9.17, 15) is 4.79 Å². The first-order valence-electron chi connectivity index (χ1n) is 6.09. The second kappa shape index (κ2) is 8.92. The number of nitrogens with zero attached hydrogens (tertiary/aromatic N) is 2. The van der Waals surface area contributed by atoms with Gasteiger partial charge in [0.2, 0.25) is 5.39 Å². The van der Waals surface area contributed by atoms with Gasteiger partial charge in [-0.2, -0.15) is 0 Å². The van der Waals surface area contributed by atoms with E-state index >= 15 is 0 Å². The summed E-state index contributed by atoms with van der Waals surface area (Å²) in [5, 5.41) is 17.6. The maximum absolute atomic E-state index is 11.4. The van der Waals surface area contributed by atoms with Crippen LogP contribution in [0.4, 0.5) is 0 Å². The fourth-order valence-corrected chi connectivity index (χ4v) is 1.28. The van der Waals surface area contributed by atoms with Gasteiger partial charge in [0.1, 0.15) is 6.61 Å². The lowest BCUT2D eigenvalue weighted by Gasteiger charge is -2.00. The van der Waals surface area contributed by atoms with Crippen LogP contribution in [0.25, 0.3) is 4.98 Å². The lowest BCUT2D eigenvalue weighted by molar-refractivity contribution is -0.137. The van der Waals surface area contributed by atoms with Crippen molar-refractivity contribution in [3.63, 3.8) is 0 Å². The molecule has 0 bridgehead atoms. The summed E-state index contributed by atoms with van der Waals surface area (Å²) in [4.78, 5) is 14.0. The predicted octanol–water partition coefficient (Wildman–Crippen LogP) is 3.86. The Morgan fingerprint density at radius 2 is 1.89 bits per heavy atom. The van der Waals surface area contributed by atoms with Gasteiger partial charge in [0.15, 0.2) is 10.7 Å². The number of hydrogen-bond donors (Lipinski definition) is 1. The molecule has 0 atom stereocenters. The molecule has 0 unspecified atom stereocenters. The molecule has 1 N–H and O–H groups in total. The molecule has 5 nitrogen and oxygen atoms in total. The normalized spacial score (nSPS) is 12.3. The molecule has 0 aliphatic heterocycles. The predicted molar refractivity (Wildman–Crippen MR) is 73.8 cm³/mol. The zero-order valence-corrected chi connectivity index (χ0v) is 11.9. The van der Waals surface area contributed by atoms with Crippen molar-refractivity contribution in [2.75, 3.05) is 6.61 Å². The number of esters is 1. The molecule has 0 heterocycles. The summed E-state index contributed by atoms with van der Waals surface area (Å²) in [6, 6.07) is 0. The first kappa shape index (κ1) is 16.9. The molecule has 0 aliphatic rings. The van der Waals surface area contributed by atoms with E-state index in [0.29, 0.717) is 0 Å². The molecule has 0 radical (unpaired) electrons. The number of rotatable bonds is 6. The third-order valence-corrected chi connectivity index (χ3v) is 2.37. The summed E-state index contributed by atoms with van der Waals surface area (Å²) in [5.41, 5.74) is 1.91. The van der Waals surface area contributed by atoms with Gasteiger partial charge >= 0.3 is 11.7 Å². The van der Waals surface area contributed by atoms with E-state index in [4.69, 9.17) is 15.2 Å². The zero-order chi connectivity index (χ0) is 14.8. The van der Waals surface area contributed by atoms with Gasteiger partial charge in [-0.25, -0.2) is 4.79 Å². The van der Waals surface area contributed by atoms with E-state index in [2.05, 4.69) is 11.1 Å². The minimum atomic E-state index is -0.851. The van der Waals surface area contributed by atoms with E-state index in [-0.39, 0.29) is 12.4 Å². The van der Waals surface area contributed by atoms with Crippen molar-refractivity contribution in [2.24, 2.45) is 0 Å².